The van der Waals surface area contributed by atoms with Crippen molar-refractivity contribution in [1.29, 1.82) is 0 Å². The van der Waals surface area contributed by atoms with E-state index in [1.54, 1.807) is 22.2 Å². The first-order valence-corrected chi connectivity index (χ1v) is 7.19. The summed E-state index contributed by atoms with van der Waals surface area (Å²) < 4.78 is 1.75. The summed E-state index contributed by atoms with van der Waals surface area (Å²) in [6, 6.07) is 0. The molecule has 0 saturated heterocycles. The van der Waals surface area contributed by atoms with Gasteiger partial charge in [0.1, 0.15) is 4.83 Å². The summed E-state index contributed by atoms with van der Waals surface area (Å²) in [6.07, 6.45) is 2.64. The van der Waals surface area contributed by atoms with Crippen LogP contribution in [0.4, 0.5) is 0 Å². The summed E-state index contributed by atoms with van der Waals surface area (Å²) >= 11 is 1.65. The zero-order valence-corrected chi connectivity index (χ0v) is 11.5. The Morgan fingerprint density at radius 3 is 3.17 bits per heavy atom. The van der Waals surface area contributed by atoms with Gasteiger partial charge in [0.05, 0.1) is 11.7 Å². The first-order valence-electron chi connectivity index (χ1n) is 6.37. The largest absolute Gasteiger partial charge is 0.312 e. The van der Waals surface area contributed by atoms with Crippen LogP contribution < -0.4 is 10.9 Å². The molecule has 0 amide bonds. The van der Waals surface area contributed by atoms with Gasteiger partial charge >= 0.3 is 0 Å². The molecule has 0 fully saturated rings. The Kier molecular flexibility index (Phi) is 2.95. The lowest BCUT2D eigenvalue weighted by molar-refractivity contribution is 0.508. The standard InChI is InChI=1S/C13H17N3OS/c1-8(2)6-16-7-15-12-11(13(16)17)9-3-4-14-5-10(9)18-12/h7-8,14H,3-6H2,1-2H3. The third-order valence-electron chi connectivity index (χ3n) is 3.26. The molecule has 18 heavy (non-hydrogen) atoms. The van der Waals surface area contributed by atoms with Crippen molar-refractivity contribution in [3.8, 4) is 0 Å². The molecule has 5 heteroatoms. The van der Waals surface area contributed by atoms with Crippen molar-refractivity contribution < 1.29 is 0 Å². The van der Waals surface area contributed by atoms with Crippen LogP contribution in [0.15, 0.2) is 11.1 Å². The van der Waals surface area contributed by atoms with Gasteiger partial charge in [-0.25, -0.2) is 4.98 Å². The van der Waals surface area contributed by atoms with Crippen LogP contribution in [0.1, 0.15) is 24.3 Å². The zero-order chi connectivity index (χ0) is 12.7. The third kappa shape index (κ3) is 1.87. The highest BCUT2D eigenvalue weighted by Gasteiger charge is 2.19. The van der Waals surface area contributed by atoms with E-state index in [0.29, 0.717) is 5.92 Å². The summed E-state index contributed by atoms with van der Waals surface area (Å²) in [6.45, 7) is 6.80. The fourth-order valence-corrected chi connectivity index (χ4v) is 3.62. The molecule has 3 rings (SSSR count). The quantitative estimate of drug-likeness (QED) is 0.898. The minimum absolute atomic E-state index is 0.133. The van der Waals surface area contributed by atoms with Gasteiger partial charge in [-0.15, -0.1) is 11.3 Å². The van der Waals surface area contributed by atoms with Gasteiger partial charge in [-0.1, -0.05) is 13.8 Å². The van der Waals surface area contributed by atoms with E-state index < -0.39 is 0 Å². The molecule has 0 radical (unpaired) electrons. The highest BCUT2D eigenvalue weighted by molar-refractivity contribution is 7.18. The lowest BCUT2D eigenvalue weighted by Crippen LogP contribution is -2.26. The average molecular weight is 263 g/mol. The summed E-state index contributed by atoms with van der Waals surface area (Å²) in [5.41, 5.74) is 1.36. The molecule has 0 aliphatic carbocycles. The van der Waals surface area contributed by atoms with Crippen molar-refractivity contribution in [3.63, 3.8) is 0 Å². The molecule has 0 saturated carbocycles. The first-order chi connectivity index (χ1) is 8.66. The second-order valence-electron chi connectivity index (χ2n) is 5.21. The molecule has 3 heterocycles. The number of nitrogens with zero attached hydrogens (tertiary/aromatic N) is 2. The van der Waals surface area contributed by atoms with E-state index in [1.165, 1.54) is 10.4 Å². The number of aromatic nitrogens is 2. The lowest BCUT2D eigenvalue weighted by atomic mass is 10.1. The molecule has 1 aliphatic heterocycles. The van der Waals surface area contributed by atoms with Gasteiger partial charge < -0.3 is 5.32 Å². The van der Waals surface area contributed by atoms with E-state index in [9.17, 15) is 4.79 Å². The molecule has 4 nitrogen and oxygen atoms in total. The Morgan fingerprint density at radius 1 is 1.56 bits per heavy atom. The van der Waals surface area contributed by atoms with Gasteiger partial charge in [0.15, 0.2) is 0 Å². The van der Waals surface area contributed by atoms with Gasteiger partial charge in [0, 0.05) is 18.0 Å². The van der Waals surface area contributed by atoms with Crippen molar-refractivity contribution in [1.82, 2.24) is 14.9 Å². The second kappa shape index (κ2) is 4.48. The number of thiophene rings is 1. The maximum absolute atomic E-state index is 12.5. The Morgan fingerprint density at radius 2 is 2.39 bits per heavy atom. The van der Waals surface area contributed by atoms with Crippen LogP contribution in [0, 0.1) is 5.92 Å². The Balaban J connectivity index is 2.21. The Labute approximate surface area is 110 Å². The van der Waals surface area contributed by atoms with Gasteiger partial charge in [-0.3, -0.25) is 9.36 Å². The molecule has 0 unspecified atom stereocenters. The van der Waals surface area contributed by atoms with Crippen molar-refractivity contribution in [3.05, 3.63) is 27.1 Å². The maximum Gasteiger partial charge on any atom is 0.262 e. The molecular weight excluding hydrogens is 246 g/mol. The summed E-state index contributed by atoms with van der Waals surface area (Å²) in [4.78, 5) is 19.1. The van der Waals surface area contributed by atoms with Crippen LogP contribution in [0.2, 0.25) is 0 Å². The predicted molar refractivity (Wildman–Crippen MR) is 74.1 cm³/mol. The van der Waals surface area contributed by atoms with Crippen LogP contribution in [0.25, 0.3) is 10.2 Å². The first kappa shape index (κ1) is 11.9. The van der Waals surface area contributed by atoms with Crippen molar-refractivity contribution in [2.45, 2.75) is 33.4 Å². The minimum Gasteiger partial charge on any atom is -0.312 e. The van der Waals surface area contributed by atoms with Crippen LogP contribution in [-0.2, 0) is 19.5 Å². The van der Waals surface area contributed by atoms with Crippen molar-refractivity contribution in [2.24, 2.45) is 5.92 Å². The van der Waals surface area contributed by atoms with E-state index >= 15 is 0 Å². The van der Waals surface area contributed by atoms with Crippen LogP contribution >= 0.6 is 11.3 Å². The predicted octanol–water partition coefficient (Wildman–Crippen LogP) is 1.76. The number of hydrogen-bond donors (Lipinski definition) is 1. The zero-order valence-electron chi connectivity index (χ0n) is 10.7. The van der Waals surface area contributed by atoms with Crippen LogP contribution in [0.5, 0.6) is 0 Å². The molecule has 96 valence electrons. The highest BCUT2D eigenvalue weighted by Crippen LogP contribution is 2.29. The Hall–Kier alpha value is -1.20. The molecule has 0 atom stereocenters. The van der Waals surface area contributed by atoms with E-state index in [2.05, 4.69) is 24.1 Å². The SMILES string of the molecule is CC(C)Cn1cnc2sc3c(c2c1=O)CCNC3. The van der Waals surface area contributed by atoms with Crippen molar-refractivity contribution in [2.75, 3.05) is 6.54 Å². The molecular formula is C13H17N3OS. The maximum atomic E-state index is 12.5. The molecule has 1 N–H and O–H groups in total. The average Bonchev–Trinajstić information content (AvgIpc) is 2.71. The Bertz CT molecular complexity index is 641. The highest BCUT2D eigenvalue weighted by atomic mass is 32.1. The molecule has 0 spiro atoms. The second-order valence-corrected chi connectivity index (χ2v) is 6.29. The number of rotatable bonds is 2. The number of nitrogens with one attached hydrogen (secondary N) is 1. The van der Waals surface area contributed by atoms with E-state index in [0.717, 1.165) is 36.3 Å². The molecule has 0 aromatic carbocycles. The normalized spacial score (nSPS) is 15.3. The van der Waals surface area contributed by atoms with Crippen LogP contribution in [-0.4, -0.2) is 16.1 Å². The van der Waals surface area contributed by atoms with Gasteiger partial charge in [-0.05, 0) is 24.4 Å². The van der Waals surface area contributed by atoms with Gasteiger partial charge in [-0.2, -0.15) is 0 Å². The van der Waals surface area contributed by atoms with Crippen molar-refractivity contribution >= 4 is 21.6 Å². The van der Waals surface area contributed by atoms with E-state index in [1.807, 2.05) is 0 Å². The number of fused-ring (bicyclic) bond motifs is 3. The third-order valence-corrected chi connectivity index (χ3v) is 4.40. The lowest BCUT2D eigenvalue weighted by Gasteiger charge is -2.12. The molecule has 1 aliphatic rings. The fourth-order valence-electron chi connectivity index (χ4n) is 2.47. The van der Waals surface area contributed by atoms with Gasteiger partial charge in [0.2, 0.25) is 0 Å². The molecule has 2 aromatic heterocycles. The van der Waals surface area contributed by atoms with E-state index in [-0.39, 0.29) is 5.56 Å². The topological polar surface area (TPSA) is 46.9 Å². The van der Waals surface area contributed by atoms with Crippen LogP contribution in [0.3, 0.4) is 0 Å². The fraction of sp³-hybridized carbons (Fsp3) is 0.538. The molecule has 2 aromatic rings. The van der Waals surface area contributed by atoms with Gasteiger partial charge in [0.25, 0.3) is 5.56 Å². The smallest absolute Gasteiger partial charge is 0.262 e. The van der Waals surface area contributed by atoms with E-state index in [4.69, 9.17) is 0 Å². The number of hydrogen-bond acceptors (Lipinski definition) is 4. The molecule has 0 bridgehead atoms. The monoisotopic (exact) mass is 263 g/mol. The summed E-state index contributed by atoms with van der Waals surface area (Å²) in [5, 5.41) is 4.20. The minimum atomic E-state index is 0.133. The summed E-state index contributed by atoms with van der Waals surface area (Å²) in [7, 11) is 0. The summed E-state index contributed by atoms with van der Waals surface area (Å²) in [5.74, 6) is 0.457.